The molecule has 7 nitrogen and oxygen atoms in total. The first kappa shape index (κ1) is 18.5. The SMILES string of the molecule is C[C@]1(N2C(=O)c3cccc(Nc4ccc5c(c4)CCC5)c3C2=O)CCC(=O)NC1=O. The second-order valence-corrected chi connectivity index (χ2v) is 8.29. The first-order valence-corrected chi connectivity index (χ1v) is 10.1. The molecule has 0 spiro atoms. The van der Waals surface area contributed by atoms with Crippen LogP contribution in [0, 0.1) is 0 Å². The second-order valence-electron chi connectivity index (χ2n) is 8.29. The number of anilines is 2. The molecule has 0 saturated carbocycles. The standard InChI is InChI=1S/C23H21N3O4/c1-23(11-10-18(27)25-22(23)30)26-20(28)16-6-3-7-17(19(16)21(26)29)24-15-9-8-13-4-2-5-14(13)12-15/h3,6-9,12,24H,2,4-5,10-11H2,1H3,(H,25,27,30)/t23-/m0/s1. The van der Waals surface area contributed by atoms with E-state index in [2.05, 4.69) is 22.8 Å². The highest BCUT2D eigenvalue weighted by molar-refractivity contribution is 6.26. The summed E-state index contributed by atoms with van der Waals surface area (Å²) >= 11 is 0. The molecule has 1 fully saturated rings. The van der Waals surface area contributed by atoms with Gasteiger partial charge in [0, 0.05) is 12.1 Å². The van der Waals surface area contributed by atoms with E-state index in [-0.39, 0.29) is 24.0 Å². The smallest absolute Gasteiger partial charge is 0.264 e. The third kappa shape index (κ3) is 2.65. The molecule has 1 atom stereocenters. The Balaban J connectivity index is 1.51. The number of nitrogens with one attached hydrogen (secondary N) is 2. The predicted molar refractivity (Wildman–Crippen MR) is 109 cm³/mol. The summed E-state index contributed by atoms with van der Waals surface area (Å²) in [5, 5.41) is 5.54. The number of carbonyl (C=O) groups excluding carboxylic acids is 4. The van der Waals surface area contributed by atoms with Crippen LogP contribution in [0.25, 0.3) is 0 Å². The Bertz CT molecular complexity index is 1140. The van der Waals surface area contributed by atoms with Gasteiger partial charge in [-0.25, -0.2) is 0 Å². The van der Waals surface area contributed by atoms with Gasteiger partial charge in [0.25, 0.3) is 17.7 Å². The minimum atomic E-state index is -1.40. The molecule has 2 aromatic carbocycles. The Hall–Kier alpha value is -3.48. The summed E-state index contributed by atoms with van der Waals surface area (Å²) in [5.74, 6) is -2.06. The van der Waals surface area contributed by atoms with Crippen molar-refractivity contribution in [3.8, 4) is 0 Å². The highest BCUT2D eigenvalue weighted by Crippen LogP contribution is 2.38. The summed E-state index contributed by atoms with van der Waals surface area (Å²) < 4.78 is 0. The number of nitrogens with zero attached hydrogens (tertiary/aromatic N) is 1. The summed E-state index contributed by atoms with van der Waals surface area (Å²) in [6, 6.07) is 11.2. The summed E-state index contributed by atoms with van der Waals surface area (Å²) in [6.45, 7) is 1.53. The van der Waals surface area contributed by atoms with Gasteiger partial charge in [0.2, 0.25) is 5.91 Å². The van der Waals surface area contributed by atoms with E-state index in [4.69, 9.17) is 0 Å². The van der Waals surface area contributed by atoms with Crippen molar-refractivity contribution in [3.63, 3.8) is 0 Å². The molecule has 0 unspecified atom stereocenters. The fourth-order valence-electron chi connectivity index (χ4n) is 4.65. The van der Waals surface area contributed by atoms with Crippen LogP contribution >= 0.6 is 0 Å². The van der Waals surface area contributed by atoms with Gasteiger partial charge in [-0.05, 0) is 68.0 Å². The highest BCUT2D eigenvalue weighted by atomic mass is 16.2. The lowest BCUT2D eigenvalue weighted by Gasteiger charge is -2.38. The van der Waals surface area contributed by atoms with Crippen LogP contribution in [0.4, 0.5) is 11.4 Å². The highest BCUT2D eigenvalue weighted by Gasteiger charge is 2.53. The van der Waals surface area contributed by atoms with Crippen LogP contribution < -0.4 is 10.6 Å². The van der Waals surface area contributed by atoms with E-state index < -0.39 is 29.2 Å². The molecular weight excluding hydrogens is 382 g/mol. The van der Waals surface area contributed by atoms with Crippen molar-refractivity contribution in [2.75, 3.05) is 5.32 Å². The van der Waals surface area contributed by atoms with Crippen LogP contribution in [0.2, 0.25) is 0 Å². The maximum atomic E-state index is 13.3. The number of hydrogen-bond donors (Lipinski definition) is 2. The molecule has 2 aromatic rings. The fraction of sp³-hybridized carbons (Fsp3) is 0.304. The number of fused-ring (bicyclic) bond motifs is 2. The van der Waals surface area contributed by atoms with E-state index in [1.165, 1.54) is 18.1 Å². The van der Waals surface area contributed by atoms with Crippen LogP contribution in [0.5, 0.6) is 0 Å². The number of imide groups is 2. The third-order valence-electron chi connectivity index (χ3n) is 6.37. The molecule has 2 aliphatic heterocycles. The molecule has 30 heavy (non-hydrogen) atoms. The van der Waals surface area contributed by atoms with Crippen LogP contribution in [-0.2, 0) is 22.4 Å². The van der Waals surface area contributed by atoms with Crippen LogP contribution in [0.15, 0.2) is 36.4 Å². The van der Waals surface area contributed by atoms with Gasteiger partial charge < -0.3 is 5.32 Å². The molecule has 2 N–H and O–H groups in total. The lowest BCUT2D eigenvalue weighted by atomic mass is 9.89. The van der Waals surface area contributed by atoms with E-state index in [1.54, 1.807) is 18.2 Å². The zero-order valence-corrected chi connectivity index (χ0v) is 16.6. The van der Waals surface area contributed by atoms with Crippen molar-refractivity contribution < 1.29 is 19.2 Å². The van der Waals surface area contributed by atoms with E-state index in [9.17, 15) is 19.2 Å². The number of rotatable bonds is 3. The Morgan fingerprint density at radius 3 is 2.57 bits per heavy atom. The molecule has 3 aliphatic rings. The Labute approximate surface area is 173 Å². The van der Waals surface area contributed by atoms with Gasteiger partial charge in [0.1, 0.15) is 5.54 Å². The Morgan fingerprint density at radius 1 is 0.967 bits per heavy atom. The molecule has 1 aliphatic carbocycles. The lowest BCUT2D eigenvalue weighted by Crippen LogP contribution is -2.62. The molecule has 7 heteroatoms. The van der Waals surface area contributed by atoms with Gasteiger partial charge in [0.15, 0.2) is 0 Å². The van der Waals surface area contributed by atoms with E-state index in [0.717, 1.165) is 29.8 Å². The van der Waals surface area contributed by atoms with E-state index in [0.29, 0.717) is 5.69 Å². The average Bonchev–Trinajstić information content (AvgIpc) is 3.28. The predicted octanol–water partition coefficient (Wildman–Crippen LogP) is 2.71. The van der Waals surface area contributed by atoms with Gasteiger partial charge in [-0.2, -0.15) is 0 Å². The van der Waals surface area contributed by atoms with E-state index in [1.807, 2.05) is 6.07 Å². The molecule has 0 bridgehead atoms. The van der Waals surface area contributed by atoms with Crippen molar-refractivity contribution in [1.29, 1.82) is 0 Å². The second kappa shape index (κ2) is 6.52. The maximum Gasteiger partial charge on any atom is 0.264 e. The van der Waals surface area contributed by atoms with Crippen LogP contribution in [0.3, 0.4) is 0 Å². The Kier molecular flexibility index (Phi) is 4.03. The average molecular weight is 403 g/mol. The van der Waals surface area contributed by atoms with Crippen molar-refractivity contribution in [1.82, 2.24) is 10.2 Å². The van der Waals surface area contributed by atoms with Crippen molar-refractivity contribution in [2.45, 2.75) is 44.6 Å². The maximum absolute atomic E-state index is 13.3. The summed E-state index contributed by atoms with van der Waals surface area (Å²) in [5.41, 5.74) is 3.16. The number of carbonyl (C=O) groups is 4. The topological polar surface area (TPSA) is 95.6 Å². The number of amides is 4. The number of aryl methyl sites for hydroxylation is 2. The van der Waals surface area contributed by atoms with Gasteiger partial charge in [-0.1, -0.05) is 12.1 Å². The minimum absolute atomic E-state index is 0.0792. The largest absolute Gasteiger partial charge is 0.355 e. The number of piperidine rings is 1. The van der Waals surface area contributed by atoms with Gasteiger partial charge in [-0.3, -0.25) is 29.4 Å². The lowest BCUT2D eigenvalue weighted by molar-refractivity contribution is -0.140. The zero-order valence-electron chi connectivity index (χ0n) is 16.6. The molecule has 4 amide bonds. The minimum Gasteiger partial charge on any atom is -0.355 e. The van der Waals surface area contributed by atoms with Crippen LogP contribution in [0.1, 0.15) is 58.0 Å². The molecule has 2 heterocycles. The quantitative estimate of drug-likeness (QED) is 0.769. The molecule has 0 radical (unpaired) electrons. The first-order chi connectivity index (χ1) is 14.4. The van der Waals surface area contributed by atoms with Crippen LogP contribution in [-0.4, -0.2) is 34.1 Å². The first-order valence-electron chi connectivity index (χ1n) is 10.1. The van der Waals surface area contributed by atoms with Crippen molar-refractivity contribution >= 4 is 35.0 Å². The summed E-state index contributed by atoms with van der Waals surface area (Å²) in [7, 11) is 0. The molecule has 152 valence electrons. The van der Waals surface area contributed by atoms with Crippen molar-refractivity contribution in [2.24, 2.45) is 0 Å². The third-order valence-corrected chi connectivity index (χ3v) is 6.37. The number of hydrogen-bond acceptors (Lipinski definition) is 5. The Morgan fingerprint density at radius 2 is 1.77 bits per heavy atom. The van der Waals surface area contributed by atoms with Gasteiger partial charge in [-0.15, -0.1) is 0 Å². The van der Waals surface area contributed by atoms with Gasteiger partial charge >= 0.3 is 0 Å². The molecule has 1 saturated heterocycles. The van der Waals surface area contributed by atoms with Crippen molar-refractivity contribution in [3.05, 3.63) is 58.7 Å². The molecular formula is C23H21N3O4. The van der Waals surface area contributed by atoms with Gasteiger partial charge in [0.05, 0.1) is 16.8 Å². The zero-order chi connectivity index (χ0) is 21.0. The molecule has 0 aromatic heterocycles. The summed E-state index contributed by atoms with van der Waals surface area (Å²) in [4.78, 5) is 51.6. The van der Waals surface area contributed by atoms with E-state index >= 15 is 0 Å². The fourth-order valence-corrected chi connectivity index (χ4v) is 4.65. The number of benzene rings is 2. The molecule has 5 rings (SSSR count). The monoisotopic (exact) mass is 403 g/mol. The summed E-state index contributed by atoms with van der Waals surface area (Å²) in [6.07, 6.45) is 3.45. The normalized spacial score (nSPS) is 22.8.